The van der Waals surface area contributed by atoms with Gasteiger partial charge in [0, 0.05) is 0 Å². The minimum absolute atomic E-state index is 0.0555. The van der Waals surface area contributed by atoms with E-state index < -0.39 is 0 Å². The smallest absolute Gasteiger partial charge is 0.0555 e. The Morgan fingerprint density at radius 2 is 1.27 bits per heavy atom. The molecule has 11 heavy (non-hydrogen) atoms. The van der Waals surface area contributed by atoms with E-state index in [0.29, 0.717) is 0 Å². The van der Waals surface area contributed by atoms with Crippen LogP contribution in [0.4, 0.5) is 0 Å². The Kier molecular flexibility index (Phi) is 12.1. The van der Waals surface area contributed by atoms with E-state index >= 15 is 0 Å². The zero-order valence-electron chi connectivity index (χ0n) is 8.22. The van der Waals surface area contributed by atoms with E-state index in [-0.39, 0.29) is 12.3 Å². The molecular formula is C8H23N3. The van der Waals surface area contributed by atoms with Gasteiger partial charge in [-0.05, 0) is 12.8 Å². The van der Waals surface area contributed by atoms with E-state index in [4.69, 9.17) is 11.5 Å². The van der Waals surface area contributed by atoms with Crippen LogP contribution in [0.15, 0.2) is 0 Å². The van der Waals surface area contributed by atoms with Crippen molar-refractivity contribution >= 4 is 0 Å². The molecule has 0 aliphatic rings. The molecule has 0 amide bonds. The normalized spacial score (nSPS) is 14.7. The molecular weight excluding hydrogens is 138 g/mol. The van der Waals surface area contributed by atoms with E-state index in [0.717, 1.165) is 12.8 Å². The summed E-state index contributed by atoms with van der Waals surface area (Å²) in [4.78, 5) is 0. The molecule has 0 aliphatic carbocycles. The molecule has 0 radical (unpaired) electrons. The van der Waals surface area contributed by atoms with Crippen molar-refractivity contribution in [3.05, 3.63) is 0 Å². The first kappa shape index (κ1) is 13.5. The lowest BCUT2D eigenvalue weighted by molar-refractivity contribution is 0.423. The zero-order chi connectivity index (χ0) is 9.28. The summed E-state index contributed by atoms with van der Waals surface area (Å²) in [5.74, 6) is 0. The first-order valence-electron chi connectivity index (χ1n) is 4.47. The Balaban J connectivity index is 0. The summed E-state index contributed by atoms with van der Waals surface area (Å²) in [5.41, 5.74) is 11.1. The molecule has 0 aromatic carbocycles. The second kappa shape index (κ2) is 9.88. The summed E-state index contributed by atoms with van der Waals surface area (Å²) >= 11 is 0. The van der Waals surface area contributed by atoms with Crippen molar-refractivity contribution in [1.29, 1.82) is 0 Å². The minimum Gasteiger partial charge on any atom is -0.316 e. The summed E-state index contributed by atoms with van der Waals surface area (Å²) in [6, 6.07) is 0. The fraction of sp³-hybridized carbons (Fsp3) is 1.00. The molecule has 3 nitrogen and oxygen atoms in total. The second-order valence-corrected chi connectivity index (χ2v) is 2.20. The van der Waals surface area contributed by atoms with Gasteiger partial charge in [0.05, 0.1) is 12.3 Å². The van der Waals surface area contributed by atoms with Crippen LogP contribution >= 0.6 is 0 Å². The first-order chi connectivity index (χ1) is 5.20. The van der Waals surface area contributed by atoms with Crippen molar-refractivity contribution in [3.63, 3.8) is 0 Å². The fourth-order valence-corrected chi connectivity index (χ4v) is 0.511. The average Bonchev–Trinajstić information content (AvgIpc) is 2.07. The topological polar surface area (TPSA) is 64.1 Å². The van der Waals surface area contributed by atoms with Crippen LogP contribution in [0, 0.1) is 0 Å². The van der Waals surface area contributed by atoms with Crippen LogP contribution in [-0.2, 0) is 0 Å². The molecule has 0 saturated heterocycles. The molecule has 0 aliphatic heterocycles. The average molecular weight is 161 g/mol. The number of rotatable bonds is 4. The molecule has 0 aromatic rings. The molecule has 3 heteroatoms. The lowest BCUT2D eigenvalue weighted by Crippen LogP contribution is -2.47. The fourth-order valence-electron chi connectivity index (χ4n) is 0.511. The van der Waals surface area contributed by atoms with Crippen LogP contribution < -0.4 is 16.8 Å². The van der Waals surface area contributed by atoms with E-state index in [9.17, 15) is 0 Å². The highest BCUT2D eigenvalue weighted by Crippen LogP contribution is 1.84. The SMILES string of the molecule is CC.CCC(N)NC(N)CC. The van der Waals surface area contributed by atoms with Crippen LogP contribution in [0.25, 0.3) is 0 Å². The summed E-state index contributed by atoms with van der Waals surface area (Å²) in [6.07, 6.45) is 1.96. The highest BCUT2D eigenvalue weighted by atomic mass is 15.1. The standard InChI is InChI=1S/C6H17N3.C2H6/c1-3-5(7)9-6(8)4-2;1-2/h5-6,9H,3-4,7-8H2,1-2H3;1-2H3. The second-order valence-electron chi connectivity index (χ2n) is 2.20. The van der Waals surface area contributed by atoms with Gasteiger partial charge in [0.2, 0.25) is 0 Å². The van der Waals surface area contributed by atoms with E-state index in [1.807, 2.05) is 27.7 Å². The largest absolute Gasteiger partial charge is 0.316 e. The Morgan fingerprint density at radius 3 is 1.45 bits per heavy atom. The summed E-state index contributed by atoms with van der Waals surface area (Å²) in [5, 5.41) is 3.03. The van der Waals surface area contributed by atoms with E-state index in [1.165, 1.54) is 0 Å². The molecule has 70 valence electrons. The van der Waals surface area contributed by atoms with Gasteiger partial charge in [0.15, 0.2) is 0 Å². The van der Waals surface area contributed by atoms with E-state index in [2.05, 4.69) is 5.32 Å². The van der Waals surface area contributed by atoms with Gasteiger partial charge in [-0.25, -0.2) is 0 Å². The van der Waals surface area contributed by atoms with Crippen molar-refractivity contribution in [3.8, 4) is 0 Å². The first-order valence-corrected chi connectivity index (χ1v) is 4.47. The van der Waals surface area contributed by atoms with Gasteiger partial charge < -0.3 is 11.5 Å². The predicted octanol–water partition coefficient (Wildman–Crippen LogP) is 0.992. The van der Waals surface area contributed by atoms with Gasteiger partial charge in [0.25, 0.3) is 0 Å². The third kappa shape index (κ3) is 9.88. The lowest BCUT2D eigenvalue weighted by atomic mass is 10.3. The maximum atomic E-state index is 5.56. The number of hydrogen-bond donors (Lipinski definition) is 3. The minimum atomic E-state index is 0.0555. The molecule has 0 spiro atoms. The van der Waals surface area contributed by atoms with Crippen molar-refractivity contribution in [2.75, 3.05) is 0 Å². The lowest BCUT2D eigenvalue weighted by Gasteiger charge is -2.16. The van der Waals surface area contributed by atoms with Crippen molar-refractivity contribution in [1.82, 2.24) is 5.32 Å². The number of nitrogens with two attached hydrogens (primary N) is 2. The van der Waals surface area contributed by atoms with Crippen molar-refractivity contribution in [2.45, 2.75) is 52.9 Å². The van der Waals surface area contributed by atoms with Crippen LogP contribution in [0.5, 0.6) is 0 Å². The Bertz CT molecular complexity index is 58.4. The Morgan fingerprint density at radius 1 is 1.00 bits per heavy atom. The van der Waals surface area contributed by atoms with Crippen LogP contribution in [0.3, 0.4) is 0 Å². The summed E-state index contributed by atoms with van der Waals surface area (Å²) < 4.78 is 0. The van der Waals surface area contributed by atoms with Gasteiger partial charge in [0.1, 0.15) is 0 Å². The zero-order valence-corrected chi connectivity index (χ0v) is 8.22. The van der Waals surface area contributed by atoms with Gasteiger partial charge in [-0.2, -0.15) is 0 Å². The molecule has 2 unspecified atom stereocenters. The Hall–Kier alpha value is -0.120. The molecule has 2 atom stereocenters. The summed E-state index contributed by atoms with van der Waals surface area (Å²) in [7, 11) is 0. The quantitative estimate of drug-likeness (QED) is 0.539. The van der Waals surface area contributed by atoms with E-state index in [1.54, 1.807) is 0 Å². The maximum Gasteiger partial charge on any atom is 0.0555 e. The van der Waals surface area contributed by atoms with Gasteiger partial charge in [-0.15, -0.1) is 0 Å². The highest BCUT2D eigenvalue weighted by molar-refractivity contribution is 4.60. The molecule has 0 aromatic heterocycles. The molecule has 5 N–H and O–H groups in total. The molecule has 0 bridgehead atoms. The number of nitrogens with one attached hydrogen (secondary N) is 1. The Labute approximate surface area is 70.5 Å². The van der Waals surface area contributed by atoms with Gasteiger partial charge in [-0.3, -0.25) is 5.32 Å². The van der Waals surface area contributed by atoms with Gasteiger partial charge in [-0.1, -0.05) is 27.7 Å². The maximum absolute atomic E-state index is 5.56. The molecule has 0 fully saturated rings. The molecule has 0 saturated carbocycles. The van der Waals surface area contributed by atoms with Crippen LogP contribution in [-0.4, -0.2) is 12.3 Å². The molecule has 0 heterocycles. The highest BCUT2D eigenvalue weighted by Gasteiger charge is 2.01. The van der Waals surface area contributed by atoms with Crippen LogP contribution in [0.2, 0.25) is 0 Å². The van der Waals surface area contributed by atoms with Gasteiger partial charge >= 0.3 is 0 Å². The van der Waals surface area contributed by atoms with Crippen molar-refractivity contribution in [2.24, 2.45) is 11.5 Å². The summed E-state index contributed by atoms with van der Waals surface area (Å²) in [6.45, 7) is 8.06. The van der Waals surface area contributed by atoms with Crippen molar-refractivity contribution < 1.29 is 0 Å². The number of hydrogen-bond acceptors (Lipinski definition) is 3. The monoisotopic (exact) mass is 161 g/mol. The molecule has 0 rings (SSSR count). The third-order valence-electron chi connectivity index (χ3n) is 1.31. The third-order valence-corrected chi connectivity index (χ3v) is 1.31. The predicted molar refractivity (Wildman–Crippen MR) is 51.0 cm³/mol. The van der Waals surface area contributed by atoms with Crippen LogP contribution in [0.1, 0.15) is 40.5 Å².